The highest BCUT2D eigenvalue weighted by atomic mass is 19.4. The van der Waals surface area contributed by atoms with Crippen LogP contribution in [-0.2, 0) is 19.0 Å². The highest BCUT2D eigenvalue weighted by Crippen LogP contribution is 2.53. The molecule has 2 atom stereocenters. The van der Waals surface area contributed by atoms with E-state index in [0.717, 1.165) is 0 Å². The van der Waals surface area contributed by atoms with Crippen molar-refractivity contribution in [3.8, 4) is 5.75 Å². The smallest absolute Gasteiger partial charge is 0.458 e. The average molecular weight is 561 g/mol. The molecule has 36 heavy (non-hydrogen) atoms. The first-order chi connectivity index (χ1) is 15.9. The molecule has 0 saturated carbocycles. The summed E-state index contributed by atoms with van der Waals surface area (Å²) in [6.07, 6.45) is -33.0. The van der Waals surface area contributed by atoms with Gasteiger partial charge in [0.05, 0.1) is 18.1 Å². The number of non-ortho nitro benzene ring substituents is 1. The molecule has 2 unspecified atom stereocenters. The number of carbonyl (C=O) groups is 1. The van der Waals surface area contributed by atoms with Crippen LogP contribution < -0.4 is 4.74 Å². The minimum Gasteiger partial charge on any atom is -0.464 e. The van der Waals surface area contributed by atoms with Crippen LogP contribution >= 0.6 is 0 Å². The zero-order valence-corrected chi connectivity index (χ0v) is 16.6. The van der Waals surface area contributed by atoms with Crippen molar-refractivity contribution in [1.82, 2.24) is 0 Å². The molecule has 0 saturated heterocycles. The molecule has 0 spiro atoms. The molecule has 0 aliphatic heterocycles. The lowest BCUT2D eigenvalue weighted by molar-refractivity contribution is -0.529. The lowest BCUT2D eigenvalue weighted by atomic mass is 10.2. The zero-order chi connectivity index (χ0) is 28.5. The van der Waals surface area contributed by atoms with Crippen molar-refractivity contribution in [1.29, 1.82) is 0 Å². The molecule has 0 N–H and O–H groups in total. The van der Waals surface area contributed by atoms with Gasteiger partial charge < -0.3 is 9.47 Å². The third-order valence-corrected chi connectivity index (χ3v) is 3.61. The van der Waals surface area contributed by atoms with E-state index in [2.05, 4.69) is 14.2 Å². The third kappa shape index (κ3) is 5.99. The van der Waals surface area contributed by atoms with Crippen molar-refractivity contribution in [3.05, 3.63) is 34.4 Å². The Morgan fingerprint density at radius 1 is 0.944 bits per heavy atom. The summed E-state index contributed by atoms with van der Waals surface area (Å²) in [6, 6.07) is 1.83. The number of ether oxygens (including phenoxy) is 4. The van der Waals surface area contributed by atoms with Gasteiger partial charge in [0, 0.05) is 6.07 Å². The Kier molecular flexibility index (Phi) is 8.37. The molecule has 8 nitrogen and oxygen atoms in total. The van der Waals surface area contributed by atoms with Gasteiger partial charge in [-0.3, -0.25) is 19.6 Å². The molecule has 1 rings (SSSR count). The molecule has 0 fully saturated rings. The third-order valence-electron chi connectivity index (χ3n) is 3.61. The average Bonchev–Trinajstić information content (AvgIpc) is 2.71. The number of rotatable bonds is 11. The zero-order valence-electron chi connectivity index (χ0n) is 16.6. The number of hydrogen-bond acceptors (Lipinski definition) is 7. The van der Waals surface area contributed by atoms with Crippen LogP contribution in [0.5, 0.6) is 5.75 Å². The van der Waals surface area contributed by atoms with Gasteiger partial charge in [-0.25, -0.2) is 9.18 Å². The summed E-state index contributed by atoms with van der Waals surface area (Å²) in [7, 11) is -0.0341. The van der Waals surface area contributed by atoms with Crippen LogP contribution in [0.3, 0.4) is 0 Å². The van der Waals surface area contributed by atoms with Crippen LogP contribution in [0.25, 0.3) is 0 Å². The molecule has 0 aliphatic rings. The summed E-state index contributed by atoms with van der Waals surface area (Å²) in [5, 5.41) is 10.5. The first-order valence-corrected chi connectivity index (χ1v) is 8.26. The summed E-state index contributed by atoms with van der Waals surface area (Å²) < 4.78 is 185. The summed E-state index contributed by atoms with van der Waals surface area (Å²) in [6.45, 7) is 0. The number of esters is 1. The minimum absolute atomic E-state index is 0.0341. The van der Waals surface area contributed by atoms with E-state index in [1.165, 1.54) is 0 Å². The summed E-state index contributed by atoms with van der Waals surface area (Å²) in [5.41, 5.74) is -1.01. The Bertz CT molecular complexity index is 971. The largest absolute Gasteiger partial charge is 0.464 e. The molecule has 0 heterocycles. The molecule has 1 aromatic rings. The Morgan fingerprint density at radius 3 is 1.92 bits per heavy atom. The Hall–Kier alpha value is -3.10. The number of carbonyl (C=O) groups excluding carboxylic acids is 1. The molecular weight excluding hydrogens is 553 g/mol. The number of nitrogens with zero attached hydrogens (tertiary/aromatic N) is 1. The van der Waals surface area contributed by atoms with Gasteiger partial charge in [-0.2, -0.15) is 52.7 Å². The van der Waals surface area contributed by atoms with Crippen molar-refractivity contribution < 1.29 is 85.7 Å². The van der Waals surface area contributed by atoms with Crippen LogP contribution in [0.1, 0.15) is 0 Å². The van der Waals surface area contributed by atoms with Crippen molar-refractivity contribution in [3.63, 3.8) is 0 Å². The van der Waals surface area contributed by atoms with E-state index in [-0.39, 0.29) is 13.2 Å². The summed E-state index contributed by atoms with van der Waals surface area (Å²) >= 11 is 0. The monoisotopic (exact) mass is 561 g/mol. The standard InChI is InChI=1S/C15H8F13NO7/c1-33-9(30)10(17,18)14(25,26)36-12(21,13(22,23)24)15(27,28)35-8(16)11(19,20)34-7-4-2-3-6(5-7)29(31)32/h2-5,8H,1H3. The van der Waals surface area contributed by atoms with Gasteiger partial charge in [0.15, 0.2) is 0 Å². The Morgan fingerprint density at radius 2 is 1.47 bits per heavy atom. The highest BCUT2D eigenvalue weighted by Gasteiger charge is 2.81. The first kappa shape index (κ1) is 30.9. The topological polar surface area (TPSA) is 97.1 Å². The molecule has 206 valence electrons. The quantitative estimate of drug-likeness (QED) is 0.160. The van der Waals surface area contributed by atoms with Gasteiger partial charge >= 0.3 is 48.6 Å². The highest BCUT2D eigenvalue weighted by molar-refractivity contribution is 5.78. The van der Waals surface area contributed by atoms with Crippen molar-refractivity contribution in [2.75, 3.05) is 7.11 Å². The second-order valence-electron chi connectivity index (χ2n) is 6.15. The molecule has 21 heteroatoms. The number of nitro groups is 1. The van der Waals surface area contributed by atoms with E-state index in [9.17, 15) is 72.0 Å². The van der Waals surface area contributed by atoms with E-state index >= 15 is 0 Å². The molecule has 0 aromatic heterocycles. The number of methoxy groups -OCH3 is 1. The van der Waals surface area contributed by atoms with E-state index in [0.29, 0.717) is 18.2 Å². The SMILES string of the molecule is COC(=O)C(F)(F)C(F)(F)OC(F)(C(F)(F)F)C(F)(F)OC(F)C(F)(F)Oc1cccc([N+](=O)[O-])c1. The molecular formula is C15H8F13NO7. The van der Waals surface area contributed by atoms with Crippen molar-refractivity contribution in [2.45, 2.75) is 42.6 Å². The fourth-order valence-corrected chi connectivity index (χ4v) is 1.91. The molecule has 1 aromatic carbocycles. The fraction of sp³-hybridized carbons (Fsp3) is 0.533. The van der Waals surface area contributed by atoms with E-state index in [4.69, 9.17) is 0 Å². The molecule has 0 radical (unpaired) electrons. The van der Waals surface area contributed by atoms with Crippen molar-refractivity contribution >= 4 is 11.7 Å². The van der Waals surface area contributed by atoms with Gasteiger partial charge in [-0.1, -0.05) is 6.07 Å². The van der Waals surface area contributed by atoms with Crippen LogP contribution in [0.4, 0.5) is 62.8 Å². The van der Waals surface area contributed by atoms with Crippen LogP contribution in [-0.4, -0.2) is 60.6 Å². The summed E-state index contributed by atoms with van der Waals surface area (Å²) in [5.74, 6) is -18.9. The number of halogens is 13. The van der Waals surface area contributed by atoms with Gasteiger partial charge in [0.25, 0.3) is 5.69 Å². The maximum Gasteiger partial charge on any atom is 0.458 e. The normalized spacial score (nSPS) is 16.2. The van der Waals surface area contributed by atoms with Gasteiger partial charge in [-0.15, -0.1) is 0 Å². The van der Waals surface area contributed by atoms with Crippen LogP contribution in [0, 0.1) is 10.1 Å². The number of hydrogen-bond donors (Lipinski definition) is 0. The Balaban J connectivity index is 3.33. The second kappa shape index (κ2) is 9.75. The fourth-order valence-electron chi connectivity index (χ4n) is 1.91. The predicted octanol–water partition coefficient (Wildman–Crippen LogP) is 5.12. The van der Waals surface area contributed by atoms with E-state index in [1.54, 1.807) is 0 Å². The number of benzene rings is 1. The van der Waals surface area contributed by atoms with Crippen LogP contribution in [0.15, 0.2) is 24.3 Å². The number of alkyl halides is 13. The lowest BCUT2D eigenvalue weighted by Crippen LogP contribution is -2.65. The van der Waals surface area contributed by atoms with Gasteiger partial charge in [-0.05, 0) is 6.07 Å². The number of nitro benzene ring substituents is 1. The maximum atomic E-state index is 14.1. The molecule has 0 amide bonds. The van der Waals surface area contributed by atoms with Crippen molar-refractivity contribution in [2.24, 2.45) is 0 Å². The summed E-state index contributed by atoms with van der Waals surface area (Å²) in [4.78, 5) is 20.0. The first-order valence-electron chi connectivity index (χ1n) is 8.26. The maximum absolute atomic E-state index is 14.1. The van der Waals surface area contributed by atoms with E-state index in [1.807, 2.05) is 4.74 Å². The molecule has 0 aliphatic carbocycles. The predicted molar refractivity (Wildman–Crippen MR) is 82.5 cm³/mol. The van der Waals surface area contributed by atoms with Crippen LogP contribution in [0.2, 0.25) is 0 Å². The second-order valence-corrected chi connectivity index (χ2v) is 6.15. The Labute approximate surface area is 188 Å². The van der Waals surface area contributed by atoms with E-state index < -0.39 is 65.0 Å². The minimum atomic E-state index is -7.54. The lowest BCUT2D eigenvalue weighted by Gasteiger charge is -2.37. The van der Waals surface area contributed by atoms with Gasteiger partial charge in [0.2, 0.25) is 0 Å². The molecule has 0 bridgehead atoms. The van der Waals surface area contributed by atoms with Gasteiger partial charge in [0.1, 0.15) is 5.75 Å².